The van der Waals surface area contributed by atoms with Gasteiger partial charge in [0.05, 0.1) is 18.1 Å². The maximum Gasteiger partial charge on any atom is 0.274 e. The van der Waals surface area contributed by atoms with E-state index in [0.29, 0.717) is 18.8 Å². The number of ether oxygens (including phenoxy) is 1. The molecule has 0 unspecified atom stereocenters. The van der Waals surface area contributed by atoms with Crippen molar-refractivity contribution in [1.29, 1.82) is 0 Å². The minimum atomic E-state index is -0.0339. The van der Waals surface area contributed by atoms with Crippen LogP contribution in [0.15, 0.2) is 35.2 Å². The summed E-state index contributed by atoms with van der Waals surface area (Å²) in [5, 5.41) is 1.80. The molecule has 0 radical (unpaired) electrons. The van der Waals surface area contributed by atoms with Crippen molar-refractivity contribution in [3.63, 3.8) is 0 Å². The molecule has 5 nitrogen and oxygen atoms in total. The van der Waals surface area contributed by atoms with Crippen LogP contribution in [0.25, 0.3) is 0 Å². The lowest BCUT2D eigenvalue weighted by molar-refractivity contribution is 0.0578. The minimum Gasteiger partial charge on any atom is -0.491 e. The standard InChI is InChI=1S/C16H19N3O2S/c1-18(2)8-13-9-21-15-6-4-3-5-12(15)7-19(13)16(20)14-10-22-11-17-14/h3-6,10-11,13H,7-9H2,1-2H3/t13-/m0/s1. The summed E-state index contributed by atoms with van der Waals surface area (Å²) in [5.41, 5.74) is 3.23. The van der Waals surface area contributed by atoms with Crippen LogP contribution >= 0.6 is 11.3 Å². The van der Waals surface area contributed by atoms with E-state index in [1.165, 1.54) is 11.3 Å². The Morgan fingerprint density at radius 3 is 3.00 bits per heavy atom. The van der Waals surface area contributed by atoms with Gasteiger partial charge in [0.15, 0.2) is 0 Å². The third-order valence-corrected chi connectivity index (χ3v) is 4.26. The highest BCUT2D eigenvalue weighted by atomic mass is 32.1. The van der Waals surface area contributed by atoms with E-state index < -0.39 is 0 Å². The second-order valence-electron chi connectivity index (χ2n) is 5.64. The van der Waals surface area contributed by atoms with Crippen molar-refractivity contribution in [3.05, 3.63) is 46.4 Å². The molecule has 1 aliphatic rings. The number of likely N-dealkylation sites (N-methyl/N-ethyl adjacent to an activating group) is 1. The maximum absolute atomic E-state index is 12.8. The largest absolute Gasteiger partial charge is 0.491 e. The van der Waals surface area contributed by atoms with Crippen LogP contribution in [0.4, 0.5) is 0 Å². The molecule has 6 heteroatoms. The number of hydrogen-bond donors (Lipinski definition) is 0. The molecule has 1 aromatic heterocycles. The first-order chi connectivity index (χ1) is 10.6. The van der Waals surface area contributed by atoms with E-state index in [4.69, 9.17) is 4.74 Å². The van der Waals surface area contributed by atoms with Crippen molar-refractivity contribution in [2.75, 3.05) is 27.2 Å². The van der Waals surface area contributed by atoms with Crippen molar-refractivity contribution < 1.29 is 9.53 Å². The number of aromatic nitrogens is 1. The zero-order chi connectivity index (χ0) is 15.5. The zero-order valence-corrected chi connectivity index (χ0v) is 13.5. The Morgan fingerprint density at radius 2 is 2.27 bits per heavy atom. The van der Waals surface area contributed by atoms with Gasteiger partial charge in [0.25, 0.3) is 5.91 Å². The summed E-state index contributed by atoms with van der Waals surface area (Å²) in [5.74, 6) is 0.827. The molecule has 2 aromatic rings. The molecule has 0 spiro atoms. The number of thiazole rings is 1. The number of hydrogen-bond acceptors (Lipinski definition) is 5. The Labute approximate surface area is 134 Å². The Balaban J connectivity index is 1.92. The molecule has 22 heavy (non-hydrogen) atoms. The molecule has 1 amide bonds. The van der Waals surface area contributed by atoms with Crippen molar-refractivity contribution in [2.24, 2.45) is 0 Å². The molecule has 0 N–H and O–H groups in total. The number of benzene rings is 1. The minimum absolute atomic E-state index is 0.00315. The summed E-state index contributed by atoms with van der Waals surface area (Å²) in [7, 11) is 4.01. The average Bonchev–Trinajstić information content (AvgIpc) is 2.97. The lowest BCUT2D eigenvalue weighted by atomic mass is 10.1. The second kappa shape index (κ2) is 6.46. The van der Waals surface area contributed by atoms with Gasteiger partial charge in [0.1, 0.15) is 18.1 Å². The lowest BCUT2D eigenvalue weighted by Gasteiger charge is -2.30. The van der Waals surface area contributed by atoms with Gasteiger partial charge in [-0.1, -0.05) is 18.2 Å². The summed E-state index contributed by atoms with van der Waals surface area (Å²) in [6.45, 7) is 1.79. The molecule has 116 valence electrons. The first kappa shape index (κ1) is 15.0. The summed E-state index contributed by atoms with van der Waals surface area (Å²) < 4.78 is 5.92. The number of para-hydroxylation sites is 1. The van der Waals surface area contributed by atoms with Gasteiger partial charge in [-0.3, -0.25) is 4.79 Å². The first-order valence-electron chi connectivity index (χ1n) is 7.19. The highest BCUT2D eigenvalue weighted by molar-refractivity contribution is 7.07. The lowest BCUT2D eigenvalue weighted by Crippen LogP contribution is -2.47. The van der Waals surface area contributed by atoms with E-state index in [-0.39, 0.29) is 11.9 Å². The van der Waals surface area contributed by atoms with E-state index in [9.17, 15) is 4.79 Å². The summed E-state index contributed by atoms with van der Waals surface area (Å²) in [4.78, 5) is 20.9. The fourth-order valence-electron chi connectivity index (χ4n) is 2.64. The summed E-state index contributed by atoms with van der Waals surface area (Å²) in [6, 6.07) is 7.89. The van der Waals surface area contributed by atoms with E-state index in [0.717, 1.165) is 17.9 Å². The van der Waals surface area contributed by atoms with Gasteiger partial charge < -0.3 is 14.5 Å². The van der Waals surface area contributed by atoms with Crippen LogP contribution in [0, 0.1) is 0 Å². The molecule has 1 aromatic carbocycles. The molecular weight excluding hydrogens is 298 g/mol. The van der Waals surface area contributed by atoms with Gasteiger partial charge in [0, 0.05) is 17.5 Å². The van der Waals surface area contributed by atoms with Crippen LogP contribution in [0.1, 0.15) is 16.1 Å². The number of amides is 1. The third kappa shape index (κ3) is 3.13. The molecule has 0 fully saturated rings. The van der Waals surface area contributed by atoms with Gasteiger partial charge in [0.2, 0.25) is 0 Å². The van der Waals surface area contributed by atoms with Crippen molar-refractivity contribution in [3.8, 4) is 5.75 Å². The molecule has 2 heterocycles. The maximum atomic E-state index is 12.8. The van der Waals surface area contributed by atoms with Crippen molar-refractivity contribution in [2.45, 2.75) is 12.6 Å². The van der Waals surface area contributed by atoms with Crippen LogP contribution in [0.2, 0.25) is 0 Å². The fraction of sp³-hybridized carbons (Fsp3) is 0.375. The van der Waals surface area contributed by atoms with Gasteiger partial charge in [-0.05, 0) is 20.2 Å². The zero-order valence-electron chi connectivity index (χ0n) is 12.7. The van der Waals surface area contributed by atoms with Gasteiger partial charge in [-0.15, -0.1) is 11.3 Å². The highest BCUT2D eigenvalue weighted by Gasteiger charge is 2.30. The van der Waals surface area contributed by atoms with E-state index >= 15 is 0 Å². The molecule has 1 atom stereocenters. The SMILES string of the molecule is CN(C)C[C@H]1COc2ccccc2CN1C(=O)c1cscn1. The third-order valence-electron chi connectivity index (χ3n) is 3.67. The average molecular weight is 317 g/mol. The topological polar surface area (TPSA) is 45.7 Å². The van der Waals surface area contributed by atoms with E-state index in [2.05, 4.69) is 9.88 Å². The number of rotatable bonds is 3. The Bertz CT molecular complexity index is 643. The second-order valence-corrected chi connectivity index (χ2v) is 6.36. The Morgan fingerprint density at radius 1 is 1.45 bits per heavy atom. The smallest absolute Gasteiger partial charge is 0.274 e. The highest BCUT2D eigenvalue weighted by Crippen LogP contribution is 2.26. The van der Waals surface area contributed by atoms with Crippen LogP contribution < -0.4 is 4.74 Å². The Kier molecular flexibility index (Phi) is 4.40. The van der Waals surface area contributed by atoms with Crippen LogP contribution in [-0.4, -0.2) is 54.0 Å². The van der Waals surface area contributed by atoms with Crippen LogP contribution in [0.3, 0.4) is 0 Å². The quantitative estimate of drug-likeness (QED) is 0.870. The molecule has 3 rings (SSSR count). The molecule has 0 aliphatic carbocycles. The predicted octanol–water partition coefficient (Wildman–Crippen LogP) is 2.11. The fourth-order valence-corrected chi connectivity index (χ4v) is 3.17. The normalized spacial score (nSPS) is 17.8. The summed E-state index contributed by atoms with van der Waals surface area (Å²) >= 11 is 1.44. The predicted molar refractivity (Wildman–Crippen MR) is 86.3 cm³/mol. The number of fused-ring (bicyclic) bond motifs is 1. The van der Waals surface area contributed by atoms with Crippen molar-refractivity contribution in [1.82, 2.24) is 14.8 Å². The van der Waals surface area contributed by atoms with E-state index in [1.54, 1.807) is 10.9 Å². The monoisotopic (exact) mass is 317 g/mol. The molecule has 0 saturated heterocycles. The summed E-state index contributed by atoms with van der Waals surface area (Å²) in [6.07, 6.45) is 0. The van der Waals surface area contributed by atoms with Gasteiger partial charge >= 0.3 is 0 Å². The number of carbonyl (C=O) groups is 1. The number of nitrogens with zero attached hydrogens (tertiary/aromatic N) is 3. The van der Waals surface area contributed by atoms with Crippen LogP contribution in [0.5, 0.6) is 5.75 Å². The molecule has 0 bridgehead atoms. The Hall–Kier alpha value is -1.92. The van der Waals surface area contributed by atoms with Crippen molar-refractivity contribution >= 4 is 17.2 Å². The van der Waals surface area contributed by atoms with Gasteiger partial charge in [-0.2, -0.15) is 0 Å². The number of carbonyl (C=O) groups excluding carboxylic acids is 1. The van der Waals surface area contributed by atoms with E-state index in [1.807, 2.05) is 43.3 Å². The molecular formula is C16H19N3O2S. The first-order valence-corrected chi connectivity index (χ1v) is 8.14. The van der Waals surface area contributed by atoms with Gasteiger partial charge in [-0.25, -0.2) is 4.98 Å². The van der Waals surface area contributed by atoms with Crippen LogP contribution in [-0.2, 0) is 6.54 Å². The molecule has 0 saturated carbocycles. The molecule has 1 aliphatic heterocycles.